The molecule has 23 heavy (non-hydrogen) atoms. The van der Waals surface area contributed by atoms with Gasteiger partial charge in [-0.05, 0) is 31.7 Å². The molecule has 0 aromatic rings. The fourth-order valence-electron chi connectivity index (χ4n) is 3.54. The first-order valence-electron chi connectivity index (χ1n) is 9.09. The maximum absolute atomic E-state index is 11.7. The predicted octanol–water partition coefficient (Wildman–Crippen LogP) is 0.894. The molecule has 0 aliphatic carbocycles. The van der Waals surface area contributed by atoms with E-state index in [0.29, 0.717) is 12.5 Å². The highest BCUT2D eigenvalue weighted by Gasteiger charge is 2.25. The van der Waals surface area contributed by atoms with E-state index < -0.39 is 0 Å². The summed E-state index contributed by atoms with van der Waals surface area (Å²) in [4.78, 5) is 20.5. The summed E-state index contributed by atoms with van der Waals surface area (Å²) in [6.07, 6.45) is 4.27. The van der Waals surface area contributed by atoms with Crippen LogP contribution in [0, 0.1) is 5.92 Å². The SMILES string of the molecule is CCC(=O)N1CCC(NC(=NC)NCCN2CCCC(C)C2)C1. The zero-order valence-corrected chi connectivity index (χ0v) is 15.0. The van der Waals surface area contributed by atoms with Gasteiger partial charge in [-0.2, -0.15) is 0 Å². The second-order valence-corrected chi connectivity index (χ2v) is 6.87. The Hall–Kier alpha value is -1.30. The van der Waals surface area contributed by atoms with Gasteiger partial charge in [-0.1, -0.05) is 13.8 Å². The Morgan fingerprint density at radius 2 is 2.09 bits per heavy atom. The molecule has 2 N–H and O–H groups in total. The molecule has 2 heterocycles. The highest BCUT2D eigenvalue weighted by atomic mass is 16.2. The van der Waals surface area contributed by atoms with Crippen molar-refractivity contribution in [2.75, 3.05) is 46.3 Å². The van der Waals surface area contributed by atoms with Crippen molar-refractivity contribution in [2.24, 2.45) is 10.9 Å². The molecule has 132 valence electrons. The second-order valence-electron chi connectivity index (χ2n) is 6.87. The van der Waals surface area contributed by atoms with E-state index in [1.807, 2.05) is 18.9 Å². The number of aliphatic imine (C=N–C) groups is 1. The molecule has 2 aliphatic rings. The number of nitrogens with one attached hydrogen (secondary N) is 2. The molecule has 2 saturated heterocycles. The van der Waals surface area contributed by atoms with Crippen LogP contribution in [0.5, 0.6) is 0 Å². The average Bonchev–Trinajstić information content (AvgIpc) is 3.02. The lowest BCUT2D eigenvalue weighted by Gasteiger charge is -2.31. The molecular weight excluding hydrogens is 290 g/mol. The summed E-state index contributed by atoms with van der Waals surface area (Å²) in [5, 5.41) is 6.86. The summed E-state index contributed by atoms with van der Waals surface area (Å²) in [5.74, 6) is 1.92. The third-order valence-corrected chi connectivity index (χ3v) is 4.87. The Morgan fingerprint density at radius 3 is 2.78 bits per heavy atom. The van der Waals surface area contributed by atoms with Crippen LogP contribution in [0.4, 0.5) is 0 Å². The van der Waals surface area contributed by atoms with E-state index in [2.05, 4.69) is 27.4 Å². The highest BCUT2D eigenvalue weighted by molar-refractivity contribution is 5.80. The number of hydrogen-bond donors (Lipinski definition) is 2. The van der Waals surface area contributed by atoms with Gasteiger partial charge in [0.25, 0.3) is 0 Å². The predicted molar refractivity (Wildman–Crippen MR) is 94.6 cm³/mol. The Kier molecular flexibility index (Phi) is 7.15. The zero-order chi connectivity index (χ0) is 16.7. The van der Waals surface area contributed by atoms with E-state index in [9.17, 15) is 4.79 Å². The first-order valence-corrected chi connectivity index (χ1v) is 9.09. The summed E-state index contributed by atoms with van der Waals surface area (Å²) in [6, 6.07) is 0.312. The largest absolute Gasteiger partial charge is 0.355 e. The second kappa shape index (κ2) is 9.11. The molecule has 2 unspecified atom stereocenters. The van der Waals surface area contributed by atoms with Gasteiger partial charge in [0.2, 0.25) is 5.91 Å². The molecule has 0 bridgehead atoms. The average molecular weight is 323 g/mol. The Balaban J connectivity index is 1.67. The van der Waals surface area contributed by atoms with Crippen molar-refractivity contribution in [1.82, 2.24) is 20.4 Å². The molecule has 2 atom stereocenters. The summed E-state index contributed by atoms with van der Waals surface area (Å²) in [5.41, 5.74) is 0. The fraction of sp³-hybridized carbons (Fsp3) is 0.882. The summed E-state index contributed by atoms with van der Waals surface area (Å²) >= 11 is 0. The van der Waals surface area contributed by atoms with Crippen LogP contribution in [0.1, 0.15) is 39.5 Å². The highest BCUT2D eigenvalue weighted by Crippen LogP contribution is 2.14. The zero-order valence-electron chi connectivity index (χ0n) is 15.0. The van der Waals surface area contributed by atoms with Gasteiger partial charge in [0.05, 0.1) is 0 Å². The Labute approximate surface area is 140 Å². The lowest BCUT2D eigenvalue weighted by molar-refractivity contribution is -0.129. The molecule has 2 rings (SSSR count). The van der Waals surface area contributed by atoms with E-state index in [-0.39, 0.29) is 5.91 Å². The topological polar surface area (TPSA) is 60.0 Å². The van der Waals surface area contributed by atoms with Crippen molar-refractivity contribution in [2.45, 2.75) is 45.6 Å². The molecular formula is C17H33N5O. The number of amides is 1. The van der Waals surface area contributed by atoms with Gasteiger partial charge in [0.15, 0.2) is 5.96 Å². The van der Waals surface area contributed by atoms with Crippen LogP contribution in [0.15, 0.2) is 4.99 Å². The molecule has 1 amide bonds. The lowest BCUT2D eigenvalue weighted by atomic mass is 10.0. The number of rotatable bonds is 5. The molecule has 6 nitrogen and oxygen atoms in total. The van der Waals surface area contributed by atoms with Crippen molar-refractivity contribution in [3.05, 3.63) is 0 Å². The first kappa shape index (κ1) is 18.0. The van der Waals surface area contributed by atoms with E-state index in [0.717, 1.165) is 44.5 Å². The van der Waals surface area contributed by atoms with Crippen LogP contribution in [0.3, 0.4) is 0 Å². The lowest BCUT2D eigenvalue weighted by Crippen LogP contribution is -2.47. The summed E-state index contributed by atoms with van der Waals surface area (Å²) < 4.78 is 0. The van der Waals surface area contributed by atoms with Crippen LogP contribution in [-0.2, 0) is 4.79 Å². The Bertz CT molecular complexity index is 412. The first-order chi connectivity index (χ1) is 11.1. The number of piperidine rings is 1. The van der Waals surface area contributed by atoms with Gasteiger partial charge in [0.1, 0.15) is 0 Å². The molecule has 0 saturated carbocycles. The van der Waals surface area contributed by atoms with Crippen LogP contribution >= 0.6 is 0 Å². The third kappa shape index (κ3) is 5.68. The molecule has 6 heteroatoms. The number of carbonyl (C=O) groups is 1. The van der Waals surface area contributed by atoms with Crippen molar-refractivity contribution >= 4 is 11.9 Å². The molecule has 0 aromatic heterocycles. The molecule has 2 aliphatic heterocycles. The number of nitrogens with zero attached hydrogens (tertiary/aromatic N) is 3. The number of likely N-dealkylation sites (tertiary alicyclic amines) is 2. The number of carbonyl (C=O) groups excluding carboxylic acids is 1. The minimum atomic E-state index is 0.247. The van der Waals surface area contributed by atoms with E-state index in [1.54, 1.807) is 0 Å². The Morgan fingerprint density at radius 1 is 1.26 bits per heavy atom. The van der Waals surface area contributed by atoms with Crippen molar-refractivity contribution in [1.29, 1.82) is 0 Å². The minimum Gasteiger partial charge on any atom is -0.355 e. The smallest absolute Gasteiger partial charge is 0.222 e. The normalized spacial score (nSPS) is 26.4. The maximum Gasteiger partial charge on any atom is 0.222 e. The van der Waals surface area contributed by atoms with E-state index >= 15 is 0 Å². The quantitative estimate of drug-likeness (QED) is 0.583. The van der Waals surface area contributed by atoms with Crippen molar-refractivity contribution in [3.8, 4) is 0 Å². The molecule has 0 aromatic carbocycles. The van der Waals surface area contributed by atoms with E-state index in [4.69, 9.17) is 0 Å². The number of guanidine groups is 1. The van der Waals surface area contributed by atoms with Crippen molar-refractivity contribution < 1.29 is 4.79 Å². The van der Waals surface area contributed by atoms with E-state index in [1.165, 1.54) is 25.9 Å². The van der Waals surface area contributed by atoms with Gasteiger partial charge in [0, 0.05) is 52.2 Å². The van der Waals surface area contributed by atoms with Crippen LogP contribution in [-0.4, -0.2) is 74.0 Å². The monoisotopic (exact) mass is 323 g/mol. The minimum absolute atomic E-state index is 0.247. The standard InChI is InChI=1S/C17H33N5O/c1-4-16(23)22-10-7-15(13-22)20-17(18-3)19-8-11-21-9-5-6-14(2)12-21/h14-15H,4-13H2,1-3H3,(H2,18,19,20). The van der Waals surface area contributed by atoms with Gasteiger partial charge in [-0.15, -0.1) is 0 Å². The van der Waals surface area contributed by atoms with Crippen LogP contribution in [0.2, 0.25) is 0 Å². The molecule has 0 spiro atoms. The van der Waals surface area contributed by atoms with Crippen LogP contribution in [0.25, 0.3) is 0 Å². The number of hydrogen-bond acceptors (Lipinski definition) is 3. The van der Waals surface area contributed by atoms with Gasteiger partial charge < -0.3 is 20.4 Å². The third-order valence-electron chi connectivity index (χ3n) is 4.87. The van der Waals surface area contributed by atoms with Crippen molar-refractivity contribution in [3.63, 3.8) is 0 Å². The van der Waals surface area contributed by atoms with Crippen LogP contribution < -0.4 is 10.6 Å². The van der Waals surface area contributed by atoms with Gasteiger partial charge >= 0.3 is 0 Å². The fourth-order valence-corrected chi connectivity index (χ4v) is 3.54. The molecule has 0 radical (unpaired) electrons. The summed E-state index contributed by atoms with van der Waals surface area (Å²) in [7, 11) is 1.81. The van der Waals surface area contributed by atoms with Gasteiger partial charge in [-0.25, -0.2) is 0 Å². The summed E-state index contributed by atoms with van der Waals surface area (Å²) in [6.45, 7) is 10.3. The molecule has 2 fully saturated rings. The maximum atomic E-state index is 11.7. The van der Waals surface area contributed by atoms with Gasteiger partial charge in [-0.3, -0.25) is 9.79 Å².